The van der Waals surface area contributed by atoms with Crippen LogP contribution in [0.3, 0.4) is 0 Å². The summed E-state index contributed by atoms with van der Waals surface area (Å²) in [5, 5.41) is 12.3. The lowest BCUT2D eigenvalue weighted by Crippen LogP contribution is -2.22. The van der Waals surface area contributed by atoms with E-state index in [1.165, 1.54) is 0 Å². The van der Waals surface area contributed by atoms with Gasteiger partial charge in [-0.25, -0.2) is 4.98 Å². The summed E-state index contributed by atoms with van der Waals surface area (Å²) in [5.41, 5.74) is 1.13. The summed E-state index contributed by atoms with van der Waals surface area (Å²) in [4.78, 5) is 6.57. The number of aryl methyl sites for hydroxylation is 1. The first-order chi connectivity index (χ1) is 6.58. The van der Waals surface area contributed by atoms with E-state index in [4.69, 9.17) is 5.11 Å². The number of nitrogens with zero attached hydrogens (tertiary/aromatic N) is 2. The normalized spacial score (nSPS) is 13.5. The van der Waals surface area contributed by atoms with Crippen molar-refractivity contribution in [2.24, 2.45) is 0 Å². The SMILES string of the molecule is Cc1nc(CN(C)CCC(C)O)cs1. The Morgan fingerprint density at radius 2 is 2.36 bits per heavy atom. The highest BCUT2D eigenvalue weighted by Crippen LogP contribution is 2.09. The van der Waals surface area contributed by atoms with Crippen molar-refractivity contribution < 1.29 is 5.11 Å². The molecule has 1 aromatic rings. The van der Waals surface area contributed by atoms with Gasteiger partial charge in [0, 0.05) is 18.5 Å². The summed E-state index contributed by atoms with van der Waals surface area (Å²) < 4.78 is 0. The van der Waals surface area contributed by atoms with Gasteiger partial charge < -0.3 is 10.0 Å². The number of hydrogen-bond donors (Lipinski definition) is 1. The fraction of sp³-hybridized carbons (Fsp3) is 0.700. The Labute approximate surface area is 89.4 Å². The third kappa shape index (κ3) is 4.17. The molecule has 1 heterocycles. The number of thiazole rings is 1. The molecule has 0 spiro atoms. The molecule has 0 aliphatic rings. The number of aliphatic hydroxyl groups is 1. The lowest BCUT2D eigenvalue weighted by atomic mass is 10.3. The Balaban J connectivity index is 2.30. The van der Waals surface area contributed by atoms with Crippen LogP contribution in [0.15, 0.2) is 5.38 Å². The summed E-state index contributed by atoms with van der Waals surface area (Å²) in [5.74, 6) is 0. The van der Waals surface area contributed by atoms with Crippen molar-refractivity contribution in [2.75, 3.05) is 13.6 Å². The molecule has 0 aliphatic heterocycles. The quantitative estimate of drug-likeness (QED) is 0.809. The van der Waals surface area contributed by atoms with Gasteiger partial charge in [0.25, 0.3) is 0 Å². The second-order valence-corrected chi connectivity index (χ2v) is 4.80. The Hall–Kier alpha value is -0.450. The van der Waals surface area contributed by atoms with Crippen LogP contribution in [-0.4, -0.2) is 34.7 Å². The number of aliphatic hydroxyl groups excluding tert-OH is 1. The first-order valence-corrected chi connectivity index (χ1v) is 5.73. The number of rotatable bonds is 5. The van der Waals surface area contributed by atoms with Gasteiger partial charge in [0.1, 0.15) is 0 Å². The molecule has 0 bridgehead atoms. The number of aromatic nitrogens is 1. The lowest BCUT2D eigenvalue weighted by molar-refractivity contribution is 0.162. The van der Waals surface area contributed by atoms with E-state index in [1.807, 2.05) is 13.8 Å². The maximum atomic E-state index is 9.13. The van der Waals surface area contributed by atoms with Gasteiger partial charge in [-0.15, -0.1) is 11.3 Å². The topological polar surface area (TPSA) is 36.4 Å². The minimum absolute atomic E-state index is 0.213. The molecule has 1 atom stereocenters. The molecule has 14 heavy (non-hydrogen) atoms. The van der Waals surface area contributed by atoms with Gasteiger partial charge in [-0.1, -0.05) is 0 Å². The van der Waals surface area contributed by atoms with Crippen molar-refractivity contribution in [3.63, 3.8) is 0 Å². The van der Waals surface area contributed by atoms with Crippen LogP contribution < -0.4 is 0 Å². The van der Waals surface area contributed by atoms with Crippen molar-refractivity contribution in [1.29, 1.82) is 0 Å². The molecule has 4 heteroatoms. The van der Waals surface area contributed by atoms with E-state index in [2.05, 4.69) is 22.3 Å². The largest absolute Gasteiger partial charge is 0.393 e. The molecule has 0 saturated carbocycles. The molecule has 1 unspecified atom stereocenters. The highest BCUT2D eigenvalue weighted by atomic mass is 32.1. The minimum atomic E-state index is -0.213. The highest BCUT2D eigenvalue weighted by Gasteiger charge is 2.04. The van der Waals surface area contributed by atoms with Gasteiger partial charge in [0.2, 0.25) is 0 Å². The molecular formula is C10H18N2OS. The van der Waals surface area contributed by atoms with E-state index < -0.39 is 0 Å². The molecule has 0 amide bonds. The third-order valence-corrected chi connectivity index (χ3v) is 2.85. The van der Waals surface area contributed by atoms with Crippen molar-refractivity contribution in [3.8, 4) is 0 Å². The van der Waals surface area contributed by atoms with Crippen molar-refractivity contribution in [1.82, 2.24) is 9.88 Å². The molecule has 1 rings (SSSR count). The predicted molar refractivity (Wildman–Crippen MR) is 59.5 cm³/mol. The van der Waals surface area contributed by atoms with Crippen LogP contribution in [-0.2, 0) is 6.54 Å². The van der Waals surface area contributed by atoms with Crippen LogP contribution >= 0.6 is 11.3 Å². The second kappa shape index (κ2) is 5.44. The van der Waals surface area contributed by atoms with E-state index in [-0.39, 0.29) is 6.10 Å². The zero-order valence-corrected chi connectivity index (χ0v) is 9.84. The third-order valence-electron chi connectivity index (χ3n) is 2.03. The molecule has 1 N–H and O–H groups in total. The summed E-state index contributed by atoms with van der Waals surface area (Å²) in [7, 11) is 2.05. The van der Waals surface area contributed by atoms with Gasteiger partial charge in [-0.2, -0.15) is 0 Å². The molecule has 80 valence electrons. The maximum Gasteiger partial charge on any atom is 0.0897 e. The lowest BCUT2D eigenvalue weighted by Gasteiger charge is -2.15. The fourth-order valence-corrected chi connectivity index (χ4v) is 1.85. The minimum Gasteiger partial charge on any atom is -0.393 e. The van der Waals surface area contributed by atoms with Crippen molar-refractivity contribution in [2.45, 2.75) is 32.9 Å². The van der Waals surface area contributed by atoms with E-state index in [1.54, 1.807) is 11.3 Å². The van der Waals surface area contributed by atoms with E-state index in [9.17, 15) is 0 Å². The molecular weight excluding hydrogens is 196 g/mol. The van der Waals surface area contributed by atoms with Crippen molar-refractivity contribution >= 4 is 11.3 Å². The van der Waals surface area contributed by atoms with E-state index in [0.717, 1.165) is 30.2 Å². The second-order valence-electron chi connectivity index (χ2n) is 3.73. The summed E-state index contributed by atoms with van der Waals surface area (Å²) in [6, 6.07) is 0. The summed E-state index contributed by atoms with van der Waals surface area (Å²) >= 11 is 1.68. The maximum absolute atomic E-state index is 9.13. The van der Waals surface area contributed by atoms with Crippen LogP contribution in [0.5, 0.6) is 0 Å². The van der Waals surface area contributed by atoms with Crippen LogP contribution in [0.1, 0.15) is 24.0 Å². The average molecular weight is 214 g/mol. The van der Waals surface area contributed by atoms with Gasteiger partial charge >= 0.3 is 0 Å². The van der Waals surface area contributed by atoms with Crippen molar-refractivity contribution in [3.05, 3.63) is 16.1 Å². The highest BCUT2D eigenvalue weighted by molar-refractivity contribution is 7.09. The molecule has 1 aromatic heterocycles. The van der Waals surface area contributed by atoms with Gasteiger partial charge in [0.15, 0.2) is 0 Å². The Kier molecular flexibility index (Phi) is 4.51. The van der Waals surface area contributed by atoms with Crippen LogP contribution in [0.2, 0.25) is 0 Å². The first-order valence-electron chi connectivity index (χ1n) is 4.85. The van der Waals surface area contributed by atoms with Crippen LogP contribution in [0.25, 0.3) is 0 Å². The molecule has 0 saturated heterocycles. The fourth-order valence-electron chi connectivity index (χ4n) is 1.24. The molecule has 0 aliphatic carbocycles. The zero-order chi connectivity index (χ0) is 10.6. The standard InChI is InChI=1S/C10H18N2OS/c1-8(13)4-5-12(3)6-10-7-14-9(2)11-10/h7-8,13H,4-6H2,1-3H3. The first kappa shape index (κ1) is 11.6. The molecule has 0 fully saturated rings. The predicted octanol–water partition coefficient (Wildman–Crippen LogP) is 1.65. The number of hydrogen-bond acceptors (Lipinski definition) is 4. The zero-order valence-electron chi connectivity index (χ0n) is 9.03. The molecule has 0 radical (unpaired) electrons. The molecule has 3 nitrogen and oxygen atoms in total. The monoisotopic (exact) mass is 214 g/mol. The Morgan fingerprint density at radius 3 is 2.86 bits per heavy atom. The molecule has 0 aromatic carbocycles. The van der Waals surface area contributed by atoms with Gasteiger partial charge in [0.05, 0.1) is 16.8 Å². The van der Waals surface area contributed by atoms with Gasteiger partial charge in [-0.3, -0.25) is 0 Å². The van der Waals surface area contributed by atoms with E-state index >= 15 is 0 Å². The Bertz CT molecular complexity index is 273. The summed E-state index contributed by atoms with van der Waals surface area (Å²) in [6.45, 7) is 5.62. The smallest absolute Gasteiger partial charge is 0.0897 e. The van der Waals surface area contributed by atoms with E-state index in [0.29, 0.717) is 0 Å². The van der Waals surface area contributed by atoms with Gasteiger partial charge in [-0.05, 0) is 27.3 Å². The van der Waals surface area contributed by atoms with Crippen LogP contribution in [0, 0.1) is 6.92 Å². The van der Waals surface area contributed by atoms with Crippen LogP contribution in [0.4, 0.5) is 0 Å². The Morgan fingerprint density at radius 1 is 1.64 bits per heavy atom. The summed E-state index contributed by atoms with van der Waals surface area (Å²) in [6.07, 6.45) is 0.606. The average Bonchev–Trinajstić information content (AvgIpc) is 2.48.